The average Bonchev–Trinajstić information content (AvgIpc) is 3.24. The van der Waals surface area contributed by atoms with Crippen molar-refractivity contribution >= 4 is 34.8 Å². The van der Waals surface area contributed by atoms with Crippen molar-refractivity contribution in [2.24, 2.45) is 0 Å². The van der Waals surface area contributed by atoms with Crippen molar-refractivity contribution < 1.29 is 4.79 Å². The molecule has 0 unspecified atom stereocenters. The molecule has 1 saturated heterocycles. The Morgan fingerprint density at radius 2 is 2.04 bits per heavy atom. The number of likely N-dealkylation sites (tertiary alicyclic amines) is 1. The number of carbonyl (C=O) groups excluding carboxylic acids is 1. The van der Waals surface area contributed by atoms with Gasteiger partial charge in [-0.2, -0.15) is 0 Å². The van der Waals surface area contributed by atoms with E-state index in [-0.39, 0.29) is 11.9 Å². The van der Waals surface area contributed by atoms with Gasteiger partial charge < -0.3 is 4.90 Å². The summed E-state index contributed by atoms with van der Waals surface area (Å²) in [6.45, 7) is 0.729. The van der Waals surface area contributed by atoms with Gasteiger partial charge in [-0.05, 0) is 42.7 Å². The van der Waals surface area contributed by atoms with Crippen LogP contribution in [-0.2, 0) is 11.2 Å². The average molecular weight is 375 g/mol. The molecule has 7 heteroatoms. The zero-order valence-corrected chi connectivity index (χ0v) is 14.9. The predicted octanol–water partition coefficient (Wildman–Crippen LogP) is 3.94. The second-order valence-electron chi connectivity index (χ2n) is 6.16. The molecule has 4 rings (SSSR count). The molecule has 0 bridgehead atoms. The highest BCUT2D eigenvalue weighted by molar-refractivity contribution is 6.42. The normalized spacial score (nSPS) is 17.4. The van der Waals surface area contributed by atoms with Crippen LogP contribution in [-0.4, -0.2) is 31.9 Å². The number of amides is 1. The van der Waals surface area contributed by atoms with Crippen molar-refractivity contribution in [2.75, 3.05) is 6.54 Å². The minimum absolute atomic E-state index is 0.0485. The van der Waals surface area contributed by atoms with E-state index in [0.29, 0.717) is 16.5 Å². The van der Waals surface area contributed by atoms with Crippen molar-refractivity contribution in [1.29, 1.82) is 0 Å². The number of rotatable bonds is 3. The number of benzene rings is 1. The van der Waals surface area contributed by atoms with Crippen LogP contribution >= 0.6 is 23.2 Å². The zero-order chi connectivity index (χ0) is 17.4. The fourth-order valence-electron chi connectivity index (χ4n) is 3.35. The van der Waals surface area contributed by atoms with Crippen LogP contribution in [0.1, 0.15) is 30.3 Å². The Kier molecular flexibility index (Phi) is 4.36. The van der Waals surface area contributed by atoms with E-state index in [9.17, 15) is 4.79 Å². The molecule has 3 aromatic rings. The maximum atomic E-state index is 12.8. The van der Waals surface area contributed by atoms with E-state index in [1.54, 1.807) is 12.1 Å². The third-order valence-corrected chi connectivity index (χ3v) is 5.29. The molecule has 1 amide bonds. The maximum absolute atomic E-state index is 12.8. The van der Waals surface area contributed by atoms with Gasteiger partial charge in [0.2, 0.25) is 5.91 Å². The summed E-state index contributed by atoms with van der Waals surface area (Å²) in [4.78, 5) is 14.7. The van der Waals surface area contributed by atoms with Crippen molar-refractivity contribution in [2.45, 2.75) is 25.3 Å². The first kappa shape index (κ1) is 16.4. The SMILES string of the molecule is O=C(Cc1ccc(Cl)c(Cl)c1)N1CCC[C@H]1c1nnc2ccccn12. The number of nitrogens with zero attached hydrogens (tertiary/aromatic N) is 4. The maximum Gasteiger partial charge on any atom is 0.227 e. The molecule has 5 nitrogen and oxygen atoms in total. The van der Waals surface area contributed by atoms with Gasteiger partial charge in [0.1, 0.15) is 0 Å². The van der Waals surface area contributed by atoms with Crippen LogP contribution < -0.4 is 0 Å². The Bertz CT molecular complexity index is 940. The van der Waals surface area contributed by atoms with Crippen LogP contribution in [0.25, 0.3) is 5.65 Å². The van der Waals surface area contributed by atoms with Crippen LogP contribution in [0.3, 0.4) is 0 Å². The fraction of sp³-hybridized carbons (Fsp3) is 0.278. The first-order chi connectivity index (χ1) is 12.1. The Balaban J connectivity index is 1.58. The van der Waals surface area contributed by atoms with E-state index in [1.165, 1.54) is 0 Å². The van der Waals surface area contributed by atoms with Crippen LogP contribution in [0.5, 0.6) is 0 Å². The molecule has 3 heterocycles. The first-order valence-electron chi connectivity index (χ1n) is 8.16. The smallest absolute Gasteiger partial charge is 0.227 e. The molecule has 1 fully saturated rings. The lowest BCUT2D eigenvalue weighted by atomic mass is 10.1. The standard InChI is InChI=1S/C18H16Cl2N4O/c19-13-7-6-12(10-14(13)20)11-17(25)23-9-3-4-15(23)18-22-21-16-5-1-2-8-24(16)18/h1-2,5-8,10,15H,3-4,9,11H2/t15-/m0/s1. The van der Waals surface area contributed by atoms with Crippen molar-refractivity contribution in [3.05, 3.63) is 64.0 Å². The largest absolute Gasteiger partial charge is 0.332 e. The molecule has 128 valence electrons. The quantitative estimate of drug-likeness (QED) is 0.697. The number of hydrogen-bond donors (Lipinski definition) is 0. The number of pyridine rings is 1. The van der Waals surface area contributed by atoms with Gasteiger partial charge in [0, 0.05) is 12.7 Å². The molecule has 2 aromatic heterocycles. The third kappa shape index (κ3) is 3.10. The number of aromatic nitrogens is 3. The molecule has 1 atom stereocenters. The van der Waals surface area contributed by atoms with Crippen molar-refractivity contribution in [3.63, 3.8) is 0 Å². The van der Waals surface area contributed by atoms with Crippen LogP contribution in [0.4, 0.5) is 0 Å². The minimum atomic E-state index is -0.0485. The van der Waals surface area contributed by atoms with Crippen LogP contribution in [0.15, 0.2) is 42.6 Å². The lowest BCUT2D eigenvalue weighted by Gasteiger charge is -2.23. The summed E-state index contributed by atoms with van der Waals surface area (Å²) in [5, 5.41) is 9.49. The van der Waals surface area contributed by atoms with Gasteiger partial charge >= 0.3 is 0 Å². The Morgan fingerprint density at radius 1 is 1.16 bits per heavy atom. The van der Waals surface area contributed by atoms with Gasteiger partial charge in [0.05, 0.1) is 22.5 Å². The summed E-state index contributed by atoms with van der Waals surface area (Å²) in [6, 6.07) is 11.0. The lowest BCUT2D eigenvalue weighted by molar-refractivity contribution is -0.131. The molecule has 0 N–H and O–H groups in total. The summed E-state index contributed by atoms with van der Waals surface area (Å²) in [6.07, 6.45) is 4.08. The van der Waals surface area contributed by atoms with E-state index < -0.39 is 0 Å². The van der Waals surface area contributed by atoms with Gasteiger partial charge in [-0.15, -0.1) is 10.2 Å². The third-order valence-electron chi connectivity index (χ3n) is 4.55. The summed E-state index contributed by atoms with van der Waals surface area (Å²) in [5.41, 5.74) is 1.65. The number of fused-ring (bicyclic) bond motifs is 1. The topological polar surface area (TPSA) is 50.5 Å². The van der Waals surface area contributed by atoms with Gasteiger partial charge in [-0.1, -0.05) is 35.3 Å². The highest BCUT2D eigenvalue weighted by atomic mass is 35.5. The minimum Gasteiger partial charge on any atom is -0.332 e. The Hall–Kier alpha value is -2.11. The van der Waals surface area contributed by atoms with Gasteiger partial charge in [-0.25, -0.2) is 0 Å². The van der Waals surface area contributed by atoms with Crippen molar-refractivity contribution in [1.82, 2.24) is 19.5 Å². The van der Waals surface area contributed by atoms with E-state index in [2.05, 4.69) is 10.2 Å². The van der Waals surface area contributed by atoms with Gasteiger partial charge in [0.15, 0.2) is 11.5 Å². The monoisotopic (exact) mass is 374 g/mol. The Morgan fingerprint density at radius 3 is 2.88 bits per heavy atom. The number of halogens is 2. The second kappa shape index (κ2) is 6.65. The Labute approximate surface area is 155 Å². The zero-order valence-electron chi connectivity index (χ0n) is 13.4. The highest BCUT2D eigenvalue weighted by Gasteiger charge is 2.33. The molecule has 1 aliphatic heterocycles. The van der Waals surface area contributed by atoms with E-state index in [0.717, 1.165) is 36.4 Å². The summed E-state index contributed by atoms with van der Waals surface area (Å²) in [7, 11) is 0. The summed E-state index contributed by atoms with van der Waals surface area (Å²) >= 11 is 12.0. The molecule has 0 radical (unpaired) electrons. The van der Waals surface area contributed by atoms with E-state index >= 15 is 0 Å². The second-order valence-corrected chi connectivity index (χ2v) is 6.97. The molecule has 0 aliphatic carbocycles. The molecular weight excluding hydrogens is 359 g/mol. The van der Waals surface area contributed by atoms with E-state index in [4.69, 9.17) is 23.2 Å². The lowest BCUT2D eigenvalue weighted by Crippen LogP contribution is -2.32. The van der Waals surface area contributed by atoms with Crippen molar-refractivity contribution in [3.8, 4) is 0 Å². The van der Waals surface area contributed by atoms with Gasteiger partial charge in [-0.3, -0.25) is 9.20 Å². The number of carbonyl (C=O) groups is 1. The highest BCUT2D eigenvalue weighted by Crippen LogP contribution is 2.32. The first-order valence-corrected chi connectivity index (χ1v) is 8.92. The predicted molar refractivity (Wildman–Crippen MR) is 96.8 cm³/mol. The molecule has 1 aliphatic rings. The molecule has 0 saturated carbocycles. The molecule has 1 aromatic carbocycles. The summed E-state index contributed by atoms with van der Waals surface area (Å²) in [5.74, 6) is 0.879. The molecular formula is C18H16Cl2N4O. The summed E-state index contributed by atoms with van der Waals surface area (Å²) < 4.78 is 1.95. The number of hydrogen-bond acceptors (Lipinski definition) is 3. The van der Waals surface area contributed by atoms with Gasteiger partial charge in [0.25, 0.3) is 0 Å². The van der Waals surface area contributed by atoms with E-state index in [1.807, 2.05) is 39.8 Å². The van der Waals surface area contributed by atoms with Crippen LogP contribution in [0, 0.1) is 0 Å². The van der Waals surface area contributed by atoms with Crippen LogP contribution in [0.2, 0.25) is 10.0 Å². The molecule has 0 spiro atoms. The fourth-order valence-corrected chi connectivity index (χ4v) is 3.67. The molecule has 25 heavy (non-hydrogen) atoms.